The van der Waals surface area contributed by atoms with Crippen LogP contribution in [0.15, 0.2) is 30.9 Å². The number of aromatic hydroxyl groups is 1. The lowest BCUT2D eigenvalue weighted by molar-refractivity contribution is -0.121. The van der Waals surface area contributed by atoms with Crippen LogP contribution in [0.3, 0.4) is 0 Å². The van der Waals surface area contributed by atoms with Crippen LogP contribution in [0.2, 0.25) is 0 Å². The molecular weight excluding hydrogens is 209 g/mol. The number of halogens is 1. The molecule has 0 radical (unpaired) electrons. The van der Waals surface area contributed by atoms with Gasteiger partial charge < -0.3 is 10.4 Å². The van der Waals surface area contributed by atoms with Crippen LogP contribution in [0.25, 0.3) is 0 Å². The number of hydrogen-bond acceptors (Lipinski definition) is 2. The Morgan fingerprint density at radius 2 is 2.19 bits per heavy atom. The van der Waals surface area contributed by atoms with Crippen molar-refractivity contribution in [3.8, 4) is 5.75 Å². The van der Waals surface area contributed by atoms with E-state index in [4.69, 9.17) is 5.11 Å². The fraction of sp³-hybridized carbons (Fsp3) is 0.250. The maximum Gasteiger partial charge on any atom is 0.233 e. The summed E-state index contributed by atoms with van der Waals surface area (Å²) in [5.41, 5.74) is -0.734. The number of amides is 1. The highest BCUT2D eigenvalue weighted by Crippen LogP contribution is 2.23. The molecule has 0 aliphatic heterocycles. The molecule has 1 aromatic rings. The number of anilines is 1. The zero-order chi connectivity index (χ0) is 12.3. The fourth-order valence-electron chi connectivity index (χ4n) is 0.981. The third-order valence-electron chi connectivity index (χ3n) is 2.30. The predicted octanol–water partition coefficient (Wildman–Crippen LogP) is 2.68. The van der Waals surface area contributed by atoms with Crippen molar-refractivity contribution in [1.82, 2.24) is 0 Å². The first kappa shape index (κ1) is 12.2. The minimum atomic E-state index is -0.773. The van der Waals surface area contributed by atoms with Crippen molar-refractivity contribution in [1.29, 1.82) is 0 Å². The molecule has 1 amide bonds. The van der Waals surface area contributed by atoms with Crippen molar-refractivity contribution in [2.75, 3.05) is 5.32 Å². The lowest BCUT2D eigenvalue weighted by Crippen LogP contribution is -2.28. The van der Waals surface area contributed by atoms with Crippen molar-refractivity contribution < 1.29 is 14.3 Å². The van der Waals surface area contributed by atoms with Crippen molar-refractivity contribution in [2.45, 2.75) is 13.8 Å². The summed E-state index contributed by atoms with van der Waals surface area (Å²) in [5.74, 6) is -1.21. The second-order valence-corrected chi connectivity index (χ2v) is 4.04. The molecule has 0 saturated carbocycles. The number of carbonyl (C=O) groups is 1. The molecule has 0 bridgehead atoms. The van der Waals surface area contributed by atoms with Gasteiger partial charge in [-0.1, -0.05) is 6.08 Å². The lowest BCUT2D eigenvalue weighted by Gasteiger charge is -2.19. The van der Waals surface area contributed by atoms with Gasteiger partial charge in [-0.3, -0.25) is 4.79 Å². The van der Waals surface area contributed by atoms with E-state index in [1.54, 1.807) is 13.8 Å². The zero-order valence-electron chi connectivity index (χ0n) is 9.25. The lowest BCUT2D eigenvalue weighted by atomic mass is 9.92. The van der Waals surface area contributed by atoms with E-state index in [1.807, 2.05) is 0 Å². The van der Waals surface area contributed by atoms with Crippen molar-refractivity contribution >= 4 is 11.6 Å². The van der Waals surface area contributed by atoms with E-state index >= 15 is 0 Å². The Labute approximate surface area is 93.6 Å². The fourth-order valence-corrected chi connectivity index (χ4v) is 0.981. The molecule has 0 fully saturated rings. The standard InChI is InChI=1S/C12H14FNO2/c1-4-12(2,3)11(16)14-10-6-5-8(15)7-9(10)13/h4-7,15H,1H2,2-3H3,(H,14,16). The van der Waals surface area contributed by atoms with E-state index in [9.17, 15) is 9.18 Å². The van der Waals surface area contributed by atoms with Gasteiger partial charge in [0.1, 0.15) is 11.6 Å². The minimum Gasteiger partial charge on any atom is -0.508 e. The Morgan fingerprint density at radius 1 is 1.56 bits per heavy atom. The third-order valence-corrected chi connectivity index (χ3v) is 2.30. The number of phenols is 1. The van der Waals surface area contributed by atoms with Gasteiger partial charge in [0.15, 0.2) is 0 Å². The minimum absolute atomic E-state index is 0.0396. The summed E-state index contributed by atoms with van der Waals surface area (Å²) in [7, 11) is 0. The summed E-state index contributed by atoms with van der Waals surface area (Å²) in [4.78, 5) is 11.7. The molecule has 4 heteroatoms. The van der Waals surface area contributed by atoms with Crippen molar-refractivity contribution in [2.24, 2.45) is 5.41 Å². The maximum atomic E-state index is 13.3. The highest BCUT2D eigenvalue weighted by atomic mass is 19.1. The smallest absolute Gasteiger partial charge is 0.233 e. The maximum absolute atomic E-state index is 13.3. The summed E-state index contributed by atoms with van der Waals surface area (Å²) in [6.45, 7) is 6.89. The molecule has 3 nitrogen and oxygen atoms in total. The Kier molecular flexibility index (Phi) is 3.32. The number of nitrogens with one attached hydrogen (secondary N) is 1. The van der Waals surface area contributed by atoms with Crippen LogP contribution in [0.5, 0.6) is 5.75 Å². The Balaban J connectivity index is 2.89. The number of rotatable bonds is 3. The second-order valence-electron chi connectivity index (χ2n) is 4.04. The molecule has 0 heterocycles. The largest absolute Gasteiger partial charge is 0.508 e. The summed E-state index contributed by atoms with van der Waals surface area (Å²) in [6.07, 6.45) is 1.49. The van der Waals surface area contributed by atoms with Gasteiger partial charge >= 0.3 is 0 Å². The van der Waals surface area contributed by atoms with Gasteiger partial charge in [-0.05, 0) is 26.0 Å². The first-order valence-corrected chi connectivity index (χ1v) is 4.80. The van der Waals surface area contributed by atoms with E-state index in [-0.39, 0.29) is 17.3 Å². The summed E-state index contributed by atoms with van der Waals surface area (Å²) < 4.78 is 13.3. The summed E-state index contributed by atoms with van der Waals surface area (Å²) in [5, 5.41) is 11.4. The van der Waals surface area contributed by atoms with Gasteiger partial charge in [-0.25, -0.2) is 4.39 Å². The SMILES string of the molecule is C=CC(C)(C)C(=O)Nc1ccc(O)cc1F. The monoisotopic (exact) mass is 223 g/mol. The van der Waals surface area contributed by atoms with E-state index < -0.39 is 11.2 Å². The molecule has 2 N–H and O–H groups in total. The molecule has 0 atom stereocenters. The number of benzene rings is 1. The highest BCUT2D eigenvalue weighted by molar-refractivity contribution is 5.96. The molecular formula is C12H14FNO2. The van der Waals surface area contributed by atoms with Crippen LogP contribution in [0.1, 0.15) is 13.8 Å². The normalized spacial score (nSPS) is 10.9. The van der Waals surface area contributed by atoms with Crippen molar-refractivity contribution in [3.63, 3.8) is 0 Å². The summed E-state index contributed by atoms with van der Waals surface area (Å²) in [6, 6.07) is 3.55. The first-order valence-electron chi connectivity index (χ1n) is 4.80. The van der Waals surface area contributed by atoms with Crippen molar-refractivity contribution in [3.05, 3.63) is 36.7 Å². The molecule has 0 saturated heterocycles. The van der Waals surface area contributed by atoms with Crippen LogP contribution in [-0.2, 0) is 4.79 Å². The quantitative estimate of drug-likeness (QED) is 0.611. The van der Waals surface area contributed by atoms with E-state index in [1.165, 1.54) is 18.2 Å². The molecule has 0 unspecified atom stereocenters. The molecule has 1 rings (SSSR count). The van der Waals surface area contributed by atoms with E-state index in [0.717, 1.165) is 6.07 Å². The van der Waals surface area contributed by atoms with Gasteiger partial charge in [-0.15, -0.1) is 6.58 Å². The van der Waals surface area contributed by atoms with Crippen LogP contribution >= 0.6 is 0 Å². The molecule has 0 aromatic heterocycles. The molecule has 0 aliphatic rings. The molecule has 86 valence electrons. The molecule has 1 aromatic carbocycles. The van der Waals surface area contributed by atoms with Crippen LogP contribution in [0, 0.1) is 11.2 Å². The summed E-state index contributed by atoms with van der Waals surface area (Å²) >= 11 is 0. The van der Waals surface area contributed by atoms with Gasteiger partial charge in [-0.2, -0.15) is 0 Å². The van der Waals surface area contributed by atoms with Crippen LogP contribution in [0.4, 0.5) is 10.1 Å². The van der Waals surface area contributed by atoms with E-state index in [0.29, 0.717) is 0 Å². The van der Waals surface area contributed by atoms with Crippen LogP contribution in [-0.4, -0.2) is 11.0 Å². The van der Waals surface area contributed by atoms with Gasteiger partial charge in [0, 0.05) is 6.07 Å². The van der Waals surface area contributed by atoms with Gasteiger partial charge in [0.05, 0.1) is 11.1 Å². The number of phenolic OH excluding ortho intramolecular Hbond substituents is 1. The van der Waals surface area contributed by atoms with Gasteiger partial charge in [0.2, 0.25) is 5.91 Å². The zero-order valence-corrected chi connectivity index (χ0v) is 9.25. The molecule has 0 aliphatic carbocycles. The Bertz CT molecular complexity index is 427. The second kappa shape index (κ2) is 4.35. The first-order chi connectivity index (χ1) is 7.36. The topological polar surface area (TPSA) is 49.3 Å². The number of hydrogen-bond donors (Lipinski definition) is 2. The average Bonchev–Trinajstić information content (AvgIpc) is 2.22. The Morgan fingerprint density at radius 3 is 2.69 bits per heavy atom. The third kappa shape index (κ3) is 2.59. The van der Waals surface area contributed by atoms with Gasteiger partial charge in [0.25, 0.3) is 0 Å². The molecule has 0 spiro atoms. The predicted molar refractivity (Wildman–Crippen MR) is 60.7 cm³/mol. The highest BCUT2D eigenvalue weighted by Gasteiger charge is 2.24. The average molecular weight is 223 g/mol. The van der Waals surface area contributed by atoms with Crippen LogP contribution < -0.4 is 5.32 Å². The Hall–Kier alpha value is -1.84. The number of carbonyl (C=O) groups excluding carboxylic acids is 1. The van der Waals surface area contributed by atoms with E-state index in [2.05, 4.69) is 11.9 Å². The molecule has 16 heavy (non-hydrogen) atoms.